The first-order chi connectivity index (χ1) is 15.9. The summed E-state index contributed by atoms with van der Waals surface area (Å²) >= 11 is 0. The van der Waals surface area contributed by atoms with Gasteiger partial charge in [-0.25, -0.2) is 13.2 Å². The van der Waals surface area contributed by atoms with Crippen LogP contribution in [0.4, 0.5) is 13.2 Å². The van der Waals surface area contributed by atoms with E-state index >= 15 is 0 Å². The van der Waals surface area contributed by atoms with Gasteiger partial charge in [0.25, 0.3) is 0 Å². The van der Waals surface area contributed by atoms with Crippen molar-refractivity contribution in [3.8, 4) is 11.8 Å². The SMILES string of the molecule is COc1ccc(S(=O)(=O)CC2=C(C(=O)O)C(c3ccccc3C(F)(F)F)C(C#N)=C(C)N2)cc1. The van der Waals surface area contributed by atoms with Crippen LogP contribution in [0.2, 0.25) is 0 Å². The summed E-state index contributed by atoms with van der Waals surface area (Å²) in [5.74, 6) is -3.69. The maximum atomic E-state index is 13.7. The highest BCUT2D eigenvalue weighted by molar-refractivity contribution is 7.91. The number of carbonyl (C=O) groups is 1. The van der Waals surface area contributed by atoms with Gasteiger partial charge in [-0.15, -0.1) is 0 Å². The lowest BCUT2D eigenvalue weighted by molar-refractivity contribution is -0.139. The smallest absolute Gasteiger partial charge is 0.416 e. The van der Waals surface area contributed by atoms with Crippen molar-refractivity contribution in [3.63, 3.8) is 0 Å². The number of aliphatic carboxylic acids is 1. The number of alkyl halides is 3. The summed E-state index contributed by atoms with van der Waals surface area (Å²) in [4.78, 5) is 12.1. The summed E-state index contributed by atoms with van der Waals surface area (Å²) in [6.07, 6.45) is -4.82. The number of carboxylic acids is 1. The van der Waals surface area contributed by atoms with Crippen LogP contribution in [-0.4, -0.2) is 32.4 Å². The monoisotopic (exact) mass is 492 g/mol. The molecule has 0 spiro atoms. The van der Waals surface area contributed by atoms with Crippen LogP contribution in [0.1, 0.15) is 24.0 Å². The topological polar surface area (TPSA) is 116 Å². The molecule has 1 heterocycles. The van der Waals surface area contributed by atoms with Gasteiger partial charge < -0.3 is 15.2 Å². The third-order valence-corrected chi connectivity index (χ3v) is 6.98. The van der Waals surface area contributed by atoms with Crippen molar-refractivity contribution in [3.05, 3.63) is 82.2 Å². The molecule has 2 aromatic carbocycles. The Morgan fingerprint density at radius 1 is 1.18 bits per heavy atom. The Morgan fingerprint density at radius 3 is 2.32 bits per heavy atom. The number of allylic oxidation sites excluding steroid dienone is 2. The third kappa shape index (κ3) is 4.77. The van der Waals surface area contributed by atoms with Crippen LogP contribution in [0, 0.1) is 11.3 Å². The van der Waals surface area contributed by atoms with Crippen molar-refractivity contribution in [1.29, 1.82) is 5.26 Å². The van der Waals surface area contributed by atoms with Crippen LogP contribution in [0.15, 0.2) is 76.0 Å². The predicted molar refractivity (Wildman–Crippen MR) is 115 cm³/mol. The molecule has 0 bridgehead atoms. The molecule has 0 saturated carbocycles. The fourth-order valence-corrected chi connectivity index (χ4v) is 5.11. The zero-order valence-corrected chi connectivity index (χ0v) is 18.8. The Labute approximate surface area is 193 Å². The molecule has 1 aliphatic rings. The molecule has 1 aliphatic heterocycles. The summed E-state index contributed by atoms with van der Waals surface area (Å²) < 4.78 is 72.2. The standard InChI is InChI=1S/C23H19F3N2O5S/c1-13-17(11-27)20(16-5-3-4-6-18(16)23(24,25)26)21(22(29)30)19(28-13)12-34(31,32)15-9-7-14(33-2)8-10-15/h3-10,20,28H,12H2,1-2H3,(H,29,30). The normalized spacial score (nSPS) is 16.6. The molecule has 0 aliphatic carbocycles. The summed E-state index contributed by atoms with van der Waals surface area (Å²) in [5, 5.41) is 22.2. The number of carboxylic acid groups (broad SMARTS) is 1. The van der Waals surface area contributed by atoms with Gasteiger partial charge in [-0.1, -0.05) is 18.2 Å². The number of ether oxygens (including phenoxy) is 1. The van der Waals surface area contributed by atoms with E-state index in [9.17, 15) is 36.8 Å². The van der Waals surface area contributed by atoms with Gasteiger partial charge in [0.1, 0.15) is 5.75 Å². The molecule has 0 fully saturated rings. The molecule has 7 nitrogen and oxygen atoms in total. The van der Waals surface area contributed by atoms with Crippen molar-refractivity contribution >= 4 is 15.8 Å². The van der Waals surface area contributed by atoms with Crippen molar-refractivity contribution < 1.29 is 36.2 Å². The third-order valence-electron chi connectivity index (χ3n) is 5.33. The Kier molecular flexibility index (Phi) is 6.74. The van der Waals surface area contributed by atoms with E-state index in [1.165, 1.54) is 44.4 Å². The lowest BCUT2D eigenvalue weighted by Gasteiger charge is -2.30. The molecule has 34 heavy (non-hydrogen) atoms. The zero-order valence-electron chi connectivity index (χ0n) is 18.0. The van der Waals surface area contributed by atoms with Gasteiger partial charge in [0.2, 0.25) is 0 Å². The lowest BCUT2D eigenvalue weighted by atomic mass is 9.79. The highest BCUT2D eigenvalue weighted by atomic mass is 32.2. The van der Waals surface area contributed by atoms with E-state index < -0.39 is 50.4 Å². The van der Waals surface area contributed by atoms with Crippen LogP contribution in [0.5, 0.6) is 5.75 Å². The zero-order chi connectivity index (χ0) is 25.3. The Bertz CT molecular complexity index is 1340. The average molecular weight is 492 g/mol. The Morgan fingerprint density at radius 2 is 1.79 bits per heavy atom. The molecule has 0 aromatic heterocycles. The van der Waals surface area contributed by atoms with Crippen LogP contribution < -0.4 is 10.1 Å². The first-order valence-electron chi connectivity index (χ1n) is 9.78. The number of sulfone groups is 1. The highest BCUT2D eigenvalue weighted by Gasteiger charge is 2.41. The minimum Gasteiger partial charge on any atom is -0.497 e. The lowest BCUT2D eigenvalue weighted by Crippen LogP contribution is -2.33. The number of hydrogen-bond donors (Lipinski definition) is 2. The molecule has 178 valence electrons. The number of rotatable bonds is 6. The van der Waals surface area contributed by atoms with Crippen molar-refractivity contribution in [2.45, 2.75) is 23.9 Å². The molecule has 1 unspecified atom stereocenters. The van der Waals surface area contributed by atoms with Crippen molar-refractivity contribution in [2.75, 3.05) is 12.9 Å². The molecule has 0 amide bonds. The van der Waals surface area contributed by atoms with E-state index in [1.54, 1.807) is 6.07 Å². The van der Waals surface area contributed by atoms with Gasteiger partial charge in [-0.3, -0.25) is 0 Å². The number of nitriles is 1. The van der Waals surface area contributed by atoms with Gasteiger partial charge in [0, 0.05) is 11.4 Å². The molecular weight excluding hydrogens is 473 g/mol. The minimum atomic E-state index is -4.82. The molecule has 0 saturated heterocycles. The second-order valence-corrected chi connectivity index (χ2v) is 9.42. The molecule has 11 heteroatoms. The number of nitrogens with one attached hydrogen (secondary N) is 1. The van der Waals surface area contributed by atoms with Gasteiger partial charge in [0.05, 0.1) is 46.5 Å². The number of dihydropyridines is 1. The molecule has 0 radical (unpaired) electrons. The number of methoxy groups -OCH3 is 1. The van der Waals surface area contributed by atoms with Crippen molar-refractivity contribution in [1.82, 2.24) is 5.32 Å². The highest BCUT2D eigenvalue weighted by Crippen LogP contribution is 2.43. The maximum Gasteiger partial charge on any atom is 0.416 e. The Balaban J connectivity index is 2.21. The first kappa shape index (κ1) is 24.9. The minimum absolute atomic E-state index is 0.0643. The van der Waals surface area contributed by atoms with Gasteiger partial charge >= 0.3 is 12.1 Å². The largest absolute Gasteiger partial charge is 0.497 e. The summed E-state index contributed by atoms with van der Waals surface area (Å²) in [6.45, 7) is 1.38. The van der Waals surface area contributed by atoms with Gasteiger partial charge in [-0.05, 0) is 42.8 Å². The number of benzene rings is 2. The van der Waals surface area contributed by atoms with Gasteiger partial charge in [0.15, 0.2) is 9.84 Å². The average Bonchev–Trinajstić information content (AvgIpc) is 2.77. The molecule has 3 rings (SSSR count). The molecule has 2 aromatic rings. The molecular formula is C23H19F3N2O5S. The van der Waals surface area contributed by atoms with Crippen molar-refractivity contribution in [2.24, 2.45) is 0 Å². The molecule has 2 N–H and O–H groups in total. The number of halogens is 3. The van der Waals surface area contributed by atoms with Crippen LogP contribution in [0.3, 0.4) is 0 Å². The number of nitrogens with zero attached hydrogens (tertiary/aromatic N) is 1. The number of hydrogen-bond acceptors (Lipinski definition) is 6. The van der Waals surface area contributed by atoms with E-state index in [0.29, 0.717) is 5.75 Å². The van der Waals surface area contributed by atoms with E-state index in [-0.39, 0.29) is 21.9 Å². The summed E-state index contributed by atoms with van der Waals surface area (Å²) in [5.41, 5.74) is -2.71. The van der Waals surface area contributed by atoms with E-state index in [1.807, 2.05) is 0 Å². The van der Waals surface area contributed by atoms with Crippen LogP contribution in [0.25, 0.3) is 0 Å². The summed E-state index contributed by atoms with van der Waals surface area (Å²) in [6, 6.07) is 11.5. The van der Waals surface area contributed by atoms with Crippen LogP contribution >= 0.6 is 0 Å². The second-order valence-electron chi connectivity index (χ2n) is 7.43. The Hall–Kier alpha value is -3.78. The maximum absolute atomic E-state index is 13.7. The first-order valence-corrected chi connectivity index (χ1v) is 11.4. The van der Waals surface area contributed by atoms with E-state index in [0.717, 1.165) is 18.2 Å². The van der Waals surface area contributed by atoms with E-state index in [2.05, 4.69) is 5.32 Å². The summed E-state index contributed by atoms with van der Waals surface area (Å²) in [7, 11) is -2.71. The molecule has 1 atom stereocenters. The van der Waals surface area contributed by atoms with Gasteiger partial charge in [-0.2, -0.15) is 18.4 Å². The predicted octanol–water partition coefficient (Wildman–Crippen LogP) is 4.01. The fraction of sp³-hybridized carbons (Fsp3) is 0.217. The quantitative estimate of drug-likeness (QED) is 0.626. The van der Waals surface area contributed by atoms with Crippen LogP contribution in [-0.2, 0) is 20.8 Å². The fourth-order valence-electron chi connectivity index (χ4n) is 3.79. The second kappa shape index (κ2) is 9.23. The van der Waals surface area contributed by atoms with E-state index in [4.69, 9.17) is 4.74 Å².